The minimum atomic E-state index is 0.00945. The topological polar surface area (TPSA) is 43.4 Å². The van der Waals surface area contributed by atoms with E-state index in [0.29, 0.717) is 27.9 Å². The Bertz CT molecular complexity index is 840. The molecule has 0 saturated heterocycles. The van der Waals surface area contributed by atoms with E-state index in [1.807, 2.05) is 13.0 Å². The van der Waals surface area contributed by atoms with Gasteiger partial charge in [-0.05, 0) is 48.8 Å². The number of hydrogen-bond donors (Lipinski definition) is 0. The van der Waals surface area contributed by atoms with E-state index in [2.05, 4.69) is 15.9 Å². The molecule has 0 aliphatic heterocycles. The van der Waals surface area contributed by atoms with Crippen LogP contribution in [-0.4, -0.2) is 0 Å². The van der Waals surface area contributed by atoms with Gasteiger partial charge in [0.15, 0.2) is 11.0 Å². The molecule has 1 aromatic carbocycles. The fourth-order valence-corrected chi connectivity index (χ4v) is 2.66. The molecule has 0 saturated carbocycles. The smallest absolute Gasteiger partial charge is 0.195 e. The average Bonchev–Trinajstić information content (AvgIpc) is 2.71. The third kappa shape index (κ3) is 1.45. The number of aryl methyl sites for hydroxylation is 2. The first kappa shape index (κ1) is 11.5. The van der Waals surface area contributed by atoms with Gasteiger partial charge in [-0.15, -0.1) is 0 Å². The zero-order valence-electron chi connectivity index (χ0n) is 10.3. The van der Waals surface area contributed by atoms with Gasteiger partial charge in [-0.25, -0.2) is 0 Å². The Hall–Kier alpha value is -1.55. The Morgan fingerprint density at radius 1 is 1.00 bits per heavy atom. The van der Waals surface area contributed by atoms with E-state index in [1.165, 1.54) is 0 Å². The van der Waals surface area contributed by atoms with E-state index < -0.39 is 0 Å². The first-order valence-electron chi connectivity index (χ1n) is 5.61. The predicted octanol–water partition coefficient (Wildman–Crippen LogP) is 4.23. The summed E-state index contributed by atoms with van der Waals surface area (Å²) >= 11 is 3.43. The van der Waals surface area contributed by atoms with Gasteiger partial charge >= 0.3 is 0 Å². The molecular weight excluding hydrogens is 296 g/mol. The van der Waals surface area contributed by atoms with Crippen molar-refractivity contribution in [2.45, 2.75) is 20.8 Å². The predicted molar refractivity (Wildman–Crippen MR) is 74.2 cm³/mol. The van der Waals surface area contributed by atoms with Crippen LogP contribution in [0.15, 0.2) is 30.2 Å². The third-order valence-electron chi connectivity index (χ3n) is 3.20. The van der Waals surface area contributed by atoms with Crippen LogP contribution in [0.2, 0.25) is 0 Å². The Morgan fingerprint density at radius 3 is 2.44 bits per heavy atom. The average molecular weight is 307 g/mol. The molecular formula is C14H11BrO3. The summed E-state index contributed by atoms with van der Waals surface area (Å²) in [5.74, 6) is 1.44. The van der Waals surface area contributed by atoms with Crippen molar-refractivity contribution in [1.82, 2.24) is 0 Å². The molecule has 0 aliphatic carbocycles. The second kappa shape index (κ2) is 3.72. The minimum Gasteiger partial charge on any atom is -0.460 e. The lowest BCUT2D eigenvalue weighted by Gasteiger charge is -2.04. The van der Waals surface area contributed by atoms with Crippen LogP contribution in [0.25, 0.3) is 21.9 Å². The van der Waals surface area contributed by atoms with Gasteiger partial charge in [0, 0.05) is 5.56 Å². The van der Waals surface area contributed by atoms with Crippen molar-refractivity contribution >= 4 is 37.9 Å². The second-order valence-electron chi connectivity index (χ2n) is 4.45. The van der Waals surface area contributed by atoms with Gasteiger partial charge in [0.25, 0.3) is 0 Å². The lowest BCUT2D eigenvalue weighted by molar-refractivity contribution is 0.560. The summed E-state index contributed by atoms with van der Waals surface area (Å²) in [4.78, 5) is 12.2. The van der Waals surface area contributed by atoms with Gasteiger partial charge in [0.2, 0.25) is 0 Å². The zero-order valence-corrected chi connectivity index (χ0v) is 11.8. The van der Waals surface area contributed by atoms with Crippen LogP contribution in [0.4, 0.5) is 0 Å². The Balaban J connectivity index is 2.67. The number of rotatable bonds is 0. The summed E-state index contributed by atoms with van der Waals surface area (Å²) in [5, 5.41) is 1.41. The van der Waals surface area contributed by atoms with Crippen molar-refractivity contribution in [2.24, 2.45) is 0 Å². The van der Waals surface area contributed by atoms with Gasteiger partial charge in [-0.3, -0.25) is 4.79 Å². The maximum atomic E-state index is 12.2. The van der Waals surface area contributed by atoms with E-state index in [1.54, 1.807) is 19.9 Å². The van der Waals surface area contributed by atoms with Gasteiger partial charge in [-0.2, -0.15) is 0 Å². The maximum absolute atomic E-state index is 12.2. The summed E-state index contributed by atoms with van der Waals surface area (Å²) in [6.07, 6.45) is 0. The summed E-state index contributed by atoms with van der Waals surface area (Å²) in [6, 6.07) is 3.65. The Morgan fingerprint density at radius 2 is 1.72 bits per heavy atom. The van der Waals surface area contributed by atoms with Gasteiger partial charge in [0.1, 0.15) is 17.1 Å². The summed E-state index contributed by atoms with van der Waals surface area (Å²) in [5.41, 5.74) is 1.97. The van der Waals surface area contributed by atoms with Crippen molar-refractivity contribution in [3.8, 4) is 0 Å². The molecule has 0 radical (unpaired) electrons. The van der Waals surface area contributed by atoms with E-state index in [9.17, 15) is 4.79 Å². The van der Waals surface area contributed by atoms with Gasteiger partial charge in [0.05, 0.1) is 15.2 Å². The monoisotopic (exact) mass is 306 g/mol. The van der Waals surface area contributed by atoms with Gasteiger partial charge in [-0.1, -0.05) is 0 Å². The zero-order chi connectivity index (χ0) is 13.0. The molecule has 92 valence electrons. The molecule has 0 fully saturated rings. The number of halogens is 1. The summed E-state index contributed by atoms with van der Waals surface area (Å²) < 4.78 is 12.2. The van der Waals surface area contributed by atoms with Crippen molar-refractivity contribution in [3.05, 3.63) is 43.9 Å². The van der Waals surface area contributed by atoms with Crippen molar-refractivity contribution in [1.29, 1.82) is 0 Å². The van der Waals surface area contributed by atoms with Crippen LogP contribution in [0.5, 0.6) is 0 Å². The second-order valence-corrected chi connectivity index (χ2v) is 5.30. The lowest BCUT2D eigenvalue weighted by atomic mass is 10.1. The molecule has 0 aliphatic rings. The first-order valence-corrected chi connectivity index (χ1v) is 6.41. The highest BCUT2D eigenvalue weighted by Gasteiger charge is 2.15. The summed E-state index contributed by atoms with van der Waals surface area (Å²) in [7, 11) is 0. The highest BCUT2D eigenvalue weighted by molar-refractivity contribution is 9.10. The number of furan rings is 1. The molecule has 4 heteroatoms. The molecule has 0 bridgehead atoms. The third-order valence-corrected chi connectivity index (χ3v) is 3.79. The normalized spacial score (nSPS) is 11.6. The van der Waals surface area contributed by atoms with Crippen molar-refractivity contribution in [3.63, 3.8) is 0 Å². The Labute approximate surface area is 112 Å². The molecule has 2 aromatic heterocycles. The minimum absolute atomic E-state index is 0.00945. The fraction of sp³-hybridized carbons (Fsp3) is 0.214. The van der Waals surface area contributed by atoms with Crippen LogP contribution in [-0.2, 0) is 0 Å². The highest BCUT2D eigenvalue weighted by atomic mass is 79.9. The molecule has 0 spiro atoms. The van der Waals surface area contributed by atoms with Crippen molar-refractivity contribution in [2.75, 3.05) is 0 Å². The van der Waals surface area contributed by atoms with Crippen LogP contribution >= 0.6 is 15.9 Å². The standard InChI is InChI=1S/C14H11BrO3/c1-6-4-10-13-9(5-11(15)14(10)17-6)12(16)7(2)8(3)18-13/h4-5H,1-3H3. The molecule has 0 amide bonds. The molecule has 0 N–H and O–H groups in total. The number of benzene rings is 1. The highest BCUT2D eigenvalue weighted by Crippen LogP contribution is 2.33. The number of hydrogen-bond acceptors (Lipinski definition) is 3. The van der Waals surface area contributed by atoms with Crippen LogP contribution < -0.4 is 5.43 Å². The van der Waals surface area contributed by atoms with E-state index in [-0.39, 0.29) is 5.43 Å². The largest absolute Gasteiger partial charge is 0.460 e. The van der Waals surface area contributed by atoms with Crippen LogP contribution in [0.3, 0.4) is 0 Å². The fourth-order valence-electron chi connectivity index (χ4n) is 2.13. The molecule has 18 heavy (non-hydrogen) atoms. The van der Waals surface area contributed by atoms with E-state index in [4.69, 9.17) is 8.83 Å². The Kier molecular flexibility index (Phi) is 2.38. The molecule has 0 unspecified atom stereocenters. The summed E-state index contributed by atoms with van der Waals surface area (Å²) in [6.45, 7) is 5.45. The van der Waals surface area contributed by atoms with E-state index in [0.717, 1.165) is 15.6 Å². The number of fused-ring (bicyclic) bond motifs is 3. The molecule has 3 nitrogen and oxygen atoms in total. The molecule has 3 rings (SSSR count). The SMILES string of the molecule is Cc1cc2c(o1)c(Br)cc1c(=O)c(C)c(C)oc12. The van der Waals surface area contributed by atoms with Crippen LogP contribution in [0, 0.1) is 20.8 Å². The van der Waals surface area contributed by atoms with E-state index >= 15 is 0 Å². The van der Waals surface area contributed by atoms with Crippen molar-refractivity contribution < 1.29 is 8.83 Å². The first-order chi connectivity index (χ1) is 8.49. The molecule has 0 atom stereocenters. The lowest BCUT2D eigenvalue weighted by Crippen LogP contribution is -2.07. The maximum Gasteiger partial charge on any atom is 0.195 e. The molecule has 3 aromatic rings. The van der Waals surface area contributed by atoms with Gasteiger partial charge < -0.3 is 8.83 Å². The molecule has 2 heterocycles. The van der Waals surface area contributed by atoms with Crippen LogP contribution in [0.1, 0.15) is 17.1 Å². The quantitative estimate of drug-likeness (QED) is 0.624.